The van der Waals surface area contributed by atoms with Gasteiger partial charge in [-0.1, -0.05) is 29.3 Å². The van der Waals surface area contributed by atoms with Crippen molar-refractivity contribution >= 4 is 58.2 Å². The van der Waals surface area contributed by atoms with Crippen molar-refractivity contribution in [3.05, 3.63) is 82.6 Å². The molecule has 0 bridgehead atoms. The highest BCUT2D eigenvalue weighted by molar-refractivity contribution is 8.00. The molecule has 2 aromatic carbocycles. The van der Waals surface area contributed by atoms with E-state index in [1.165, 1.54) is 17.8 Å². The predicted octanol–water partition coefficient (Wildman–Crippen LogP) is 5.37. The van der Waals surface area contributed by atoms with Gasteiger partial charge in [-0.2, -0.15) is 0 Å². The summed E-state index contributed by atoms with van der Waals surface area (Å²) in [5.41, 5.74) is 1.64. The molecule has 0 aliphatic rings. The van der Waals surface area contributed by atoms with Crippen LogP contribution in [-0.2, 0) is 4.79 Å². The summed E-state index contributed by atoms with van der Waals surface area (Å²) in [4.78, 5) is 29.2. The van der Waals surface area contributed by atoms with Crippen molar-refractivity contribution in [1.29, 1.82) is 0 Å². The maximum absolute atomic E-state index is 12.4. The van der Waals surface area contributed by atoms with Gasteiger partial charge in [0.25, 0.3) is 5.91 Å². The van der Waals surface area contributed by atoms with Gasteiger partial charge in [0.15, 0.2) is 0 Å². The van der Waals surface area contributed by atoms with Gasteiger partial charge in [0.05, 0.1) is 16.3 Å². The number of nitrogens with one attached hydrogen (secondary N) is 2. The molecule has 0 saturated carbocycles. The van der Waals surface area contributed by atoms with E-state index in [0.29, 0.717) is 22.0 Å². The number of nitrogens with zero attached hydrogens (tertiary/aromatic N) is 1. The van der Waals surface area contributed by atoms with Crippen LogP contribution in [0.4, 0.5) is 11.4 Å². The third kappa shape index (κ3) is 5.73. The molecule has 3 aromatic rings. The van der Waals surface area contributed by atoms with Crippen molar-refractivity contribution in [3.63, 3.8) is 0 Å². The first-order chi connectivity index (χ1) is 13.5. The van der Waals surface area contributed by atoms with Crippen LogP contribution in [-0.4, -0.2) is 22.6 Å². The number of carbonyl (C=O) groups is 2. The molecular weight excluding hydrogens is 417 g/mol. The molecule has 0 atom stereocenters. The molecule has 2 N–H and O–H groups in total. The Labute approximate surface area is 176 Å². The topological polar surface area (TPSA) is 71.1 Å². The number of thioether (sulfide) groups is 1. The Balaban J connectivity index is 1.59. The van der Waals surface area contributed by atoms with E-state index in [4.69, 9.17) is 23.2 Å². The van der Waals surface area contributed by atoms with Gasteiger partial charge in [-0.05, 0) is 48.5 Å². The molecule has 0 aliphatic heterocycles. The van der Waals surface area contributed by atoms with E-state index in [-0.39, 0.29) is 22.6 Å². The fourth-order valence-electron chi connectivity index (χ4n) is 2.32. The van der Waals surface area contributed by atoms with Gasteiger partial charge in [-0.3, -0.25) is 14.6 Å². The van der Waals surface area contributed by atoms with Crippen LogP contribution in [0.5, 0.6) is 0 Å². The number of carbonyl (C=O) groups excluding carboxylic acids is 2. The van der Waals surface area contributed by atoms with Crippen LogP contribution < -0.4 is 10.6 Å². The Bertz CT molecular complexity index is 1000. The van der Waals surface area contributed by atoms with Crippen LogP contribution in [0.3, 0.4) is 0 Å². The second kappa shape index (κ2) is 9.59. The molecule has 1 aromatic heterocycles. The van der Waals surface area contributed by atoms with Gasteiger partial charge < -0.3 is 10.6 Å². The average molecular weight is 432 g/mol. The highest BCUT2D eigenvalue weighted by atomic mass is 35.5. The Morgan fingerprint density at radius 2 is 1.71 bits per heavy atom. The molecule has 2 amide bonds. The molecule has 1 heterocycles. The lowest BCUT2D eigenvalue weighted by molar-refractivity contribution is -0.113. The standard InChI is InChI=1S/C20H15Cl2N3O2S/c21-13-4-5-17(18(22)10-13)20(27)25-15-2-1-3-16(11-15)28-12-19(26)24-14-6-8-23-9-7-14/h1-11H,12H2,(H,25,27)(H,23,24,26). The first kappa shape index (κ1) is 20.2. The van der Waals surface area contributed by atoms with Gasteiger partial charge >= 0.3 is 0 Å². The average Bonchev–Trinajstić information content (AvgIpc) is 2.67. The Kier molecular flexibility index (Phi) is 6.92. The van der Waals surface area contributed by atoms with Crippen LogP contribution >= 0.6 is 35.0 Å². The smallest absolute Gasteiger partial charge is 0.257 e. The minimum atomic E-state index is -0.334. The molecule has 0 aliphatic carbocycles. The number of hydrogen-bond donors (Lipinski definition) is 2. The van der Waals surface area contributed by atoms with Crippen molar-refractivity contribution in [1.82, 2.24) is 4.98 Å². The van der Waals surface area contributed by atoms with Crippen molar-refractivity contribution in [3.8, 4) is 0 Å². The maximum Gasteiger partial charge on any atom is 0.257 e. The van der Waals surface area contributed by atoms with E-state index in [0.717, 1.165) is 4.90 Å². The number of aromatic nitrogens is 1. The molecule has 0 fully saturated rings. The van der Waals surface area contributed by atoms with Crippen LogP contribution in [0, 0.1) is 0 Å². The van der Waals surface area contributed by atoms with Crippen LogP contribution in [0.15, 0.2) is 71.9 Å². The number of rotatable bonds is 6. The number of halogens is 2. The summed E-state index contributed by atoms with van der Waals surface area (Å²) < 4.78 is 0. The number of anilines is 2. The van der Waals surface area contributed by atoms with Crippen LogP contribution in [0.2, 0.25) is 10.0 Å². The lowest BCUT2D eigenvalue weighted by atomic mass is 10.2. The van der Waals surface area contributed by atoms with Gasteiger partial charge in [0.2, 0.25) is 5.91 Å². The number of hydrogen-bond acceptors (Lipinski definition) is 4. The summed E-state index contributed by atoms with van der Waals surface area (Å²) in [6.07, 6.45) is 3.23. The third-order valence-electron chi connectivity index (χ3n) is 3.60. The minimum Gasteiger partial charge on any atom is -0.325 e. The van der Waals surface area contributed by atoms with Crippen molar-refractivity contribution in [2.45, 2.75) is 4.90 Å². The molecule has 28 heavy (non-hydrogen) atoms. The molecule has 5 nitrogen and oxygen atoms in total. The monoisotopic (exact) mass is 431 g/mol. The minimum absolute atomic E-state index is 0.126. The molecular formula is C20H15Cl2N3O2S. The zero-order valence-corrected chi connectivity index (χ0v) is 16.8. The molecule has 0 spiro atoms. The molecule has 3 rings (SSSR count). The molecule has 0 radical (unpaired) electrons. The van der Waals surface area contributed by atoms with Gasteiger partial charge in [-0.25, -0.2) is 0 Å². The second-order valence-corrected chi connectivity index (χ2v) is 7.57. The number of amides is 2. The third-order valence-corrected chi connectivity index (χ3v) is 5.14. The number of pyridine rings is 1. The van der Waals surface area contributed by atoms with E-state index >= 15 is 0 Å². The summed E-state index contributed by atoms with van der Waals surface area (Å²) in [6, 6.07) is 15.4. The predicted molar refractivity (Wildman–Crippen MR) is 114 cm³/mol. The summed E-state index contributed by atoms with van der Waals surface area (Å²) in [7, 11) is 0. The fourth-order valence-corrected chi connectivity index (χ4v) is 3.57. The van der Waals surface area contributed by atoms with Crippen LogP contribution in [0.1, 0.15) is 10.4 Å². The van der Waals surface area contributed by atoms with Gasteiger partial charge in [0, 0.05) is 33.7 Å². The first-order valence-corrected chi connectivity index (χ1v) is 9.94. The van der Waals surface area contributed by atoms with Crippen LogP contribution in [0.25, 0.3) is 0 Å². The largest absolute Gasteiger partial charge is 0.325 e. The fraction of sp³-hybridized carbons (Fsp3) is 0.0500. The van der Waals surface area contributed by atoms with E-state index < -0.39 is 0 Å². The van der Waals surface area contributed by atoms with E-state index in [1.807, 2.05) is 12.1 Å². The maximum atomic E-state index is 12.4. The SMILES string of the molecule is O=C(CSc1cccc(NC(=O)c2ccc(Cl)cc2Cl)c1)Nc1ccncc1. The summed E-state index contributed by atoms with van der Waals surface area (Å²) >= 11 is 13.3. The Morgan fingerprint density at radius 3 is 2.46 bits per heavy atom. The van der Waals surface area contributed by atoms with E-state index in [2.05, 4.69) is 15.6 Å². The summed E-state index contributed by atoms with van der Waals surface area (Å²) in [5.74, 6) is -0.222. The second-order valence-electron chi connectivity index (χ2n) is 5.68. The normalized spacial score (nSPS) is 10.4. The lowest BCUT2D eigenvalue weighted by Gasteiger charge is -2.09. The van der Waals surface area contributed by atoms with Gasteiger partial charge in [0.1, 0.15) is 0 Å². The van der Waals surface area contributed by atoms with Gasteiger partial charge in [-0.15, -0.1) is 11.8 Å². The van der Waals surface area contributed by atoms with Crippen molar-refractivity contribution in [2.75, 3.05) is 16.4 Å². The Morgan fingerprint density at radius 1 is 0.929 bits per heavy atom. The van der Waals surface area contributed by atoms with Crippen molar-refractivity contribution in [2.24, 2.45) is 0 Å². The highest BCUT2D eigenvalue weighted by Gasteiger charge is 2.11. The van der Waals surface area contributed by atoms with E-state index in [9.17, 15) is 9.59 Å². The molecule has 0 unspecified atom stereocenters. The first-order valence-electron chi connectivity index (χ1n) is 8.20. The van der Waals surface area contributed by atoms with E-state index in [1.54, 1.807) is 48.8 Å². The highest BCUT2D eigenvalue weighted by Crippen LogP contribution is 2.24. The summed E-state index contributed by atoms with van der Waals surface area (Å²) in [5, 5.41) is 6.34. The zero-order chi connectivity index (χ0) is 19.9. The zero-order valence-electron chi connectivity index (χ0n) is 14.5. The quantitative estimate of drug-likeness (QED) is 0.514. The van der Waals surface area contributed by atoms with Crippen molar-refractivity contribution < 1.29 is 9.59 Å². The molecule has 142 valence electrons. The summed E-state index contributed by atoms with van der Waals surface area (Å²) in [6.45, 7) is 0. The molecule has 8 heteroatoms. The lowest BCUT2D eigenvalue weighted by Crippen LogP contribution is -2.14. The molecule has 0 saturated heterocycles. The Hall–Kier alpha value is -2.54. The number of benzene rings is 2.